The second-order valence-corrected chi connectivity index (χ2v) is 7.27. The van der Waals surface area contributed by atoms with Crippen molar-refractivity contribution in [3.63, 3.8) is 0 Å². The van der Waals surface area contributed by atoms with Crippen LogP contribution in [-0.2, 0) is 4.74 Å². The number of amides is 2. The van der Waals surface area contributed by atoms with E-state index in [4.69, 9.17) is 18.9 Å². The van der Waals surface area contributed by atoms with Crippen LogP contribution in [0.4, 0.5) is 10.5 Å². The summed E-state index contributed by atoms with van der Waals surface area (Å²) in [7, 11) is 4.82. The predicted octanol–water partition coefficient (Wildman–Crippen LogP) is 3.97. The van der Waals surface area contributed by atoms with Crippen molar-refractivity contribution < 1.29 is 23.7 Å². The van der Waals surface area contributed by atoms with E-state index in [1.54, 1.807) is 21.3 Å². The van der Waals surface area contributed by atoms with E-state index in [0.29, 0.717) is 18.0 Å². The first kappa shape index (κ1) is 26.0. The molecule has 1 aliphatic rings. The predicted molar refractivity (Wildman–Crippen MR) is 132 cm³/mol. The number of benzene rings is 2. The largest absolute Gasteiger partial charge is 0.497 e. The Bertz CT molecular complexity index is 904. The number of anilines is 1. The molecule has 3 rings (SSSR count). The minimum absolute atomic E-state index is 0. The van der Waals surface area contributed by atoms with E-state index >= 15 is 0 Å². The van der Waals surface area contributed by atoms with Crippen molar-refractivity contribution in [1.29, 1.82) is 0 Å². The van der Waals surface area contributed by atoms with Crippen LogP contribution >= 0.6 is 0 Å². The van der Waals surface area contributed by atoms with Crippen molar-refractivity contribution in [3.8, 4) is 17.2 Å². The second-order valence-electron chi connectivity index (χ2n) is 7.27. The number of morpholine rings is 1. The maximum atomic E-state index is 12.4. The molecule has 1 aliphatic heterocycles. The first-order valence-electron chi connectivity index (χ1n) is 10.6. The number of carbonyl (C=O) groups is 1. The molecule has 0 atom stereocenters. The van der Waals surface area contributed by atoms with Crippen molar-refractivity contribution in [1.82, 2.24) is 10.2 Å². The molecule has 0 unspecified atom stereocenters. The minimum Gasteiger partial charge on any atom is -0.497 e. The molecule has 0 spiro atoms. The Morgan fingerprint density at radius 3 is 2.27 bits per heavy atom. The molecule has 0 aliphatic carbocycles. The molecule has 2 N–H and O–H groups in total. The maximum Gasteiger partial charge on any atom is 0.319 e. The third kappa shape index (κ3) is 8.00. The molecule has 1 fully saturated rings. The van der Waals surface area contributed by atoms with Crippen LogP contribution in [0.15, 0.2) is 36.4 Å². The molecule has 2 aromatic rings. The summed E-state index contributed by atoms with van der Waals surface area (Å²) in [6.45, 7) is 4.62. The lowest BCUT2D eigenvalue weighted by molar-refractivity contribution is 0.0388. The van der Waals surface area contributed by atoms with Gasteiger partial charge in [0.25, 0.3) is 0 Å². The van der Waals surface area contributed by atoms with Gasteiger partial charge in [-0.2, -0.15) is 0 Å². The van der Waals surface area contributed by atoms with E-state index in [-0.39, 0.29) is 13.5 Å². The summed E-state index contributed by atoms with van der Waals surface area (Å²) < 4.78 is 21.4. The normalized spacial score (nSPS) is 13.8. The van der Waals surface area contributed by atoms with Crippen LogP contribution < -0.4 is 24.8 Å². The molecule has 8 heteroatoms. The highest BCUT2D eigenvalue weighted by Crippen LogP contribution is 2.27. The summed E-state index contributed by atoms with van der Waals surface area (Å²) in [5, 5.41) is 5.78. The van der Waals surface area contributed by atoms with E-state index in [1.165, 1.54) is 0 Å². The summed E-state index contributed by atoms with van der Waals surface area (Å²) >= 11 is 0. The molecule has 2 amide bonds. The van der Waals surface area contributed by atoms with Gasteiger partial charge in [-0.25, -0.2) is 4.79 Å². The van der Waals surface area contributed by atoms with Crippen molar-refractivity contribution in [2.45, 2.75) is 7.43 Å². The Morgan fingerprint density at radius 2 is 1.64 bits per heavy atom. The summed E-state index contributed by atoms with van der Waals surface area (Å²) in [6.07, 6.45) is 3.91. The quantitative estimate of drug-likeness (QED) is 0.555. The number of methoxy groups -OCH3 is 3. The van der Waals surface area contributed by atoms with E-state index in [0.717, 1.165) is 55.5 Å². The SMILES string of the molecule is C.COc1cc(/C=C\c2ccc(OC)c(NC(=O)NCCN3CCOCC3)c2)cc(OC)c1. The van der Waals surface area contributed by atoms with Crippen LogP contribution in [0, 0.1) is 0 Å². The van der Waals surface area contributed by atoms with Gasteiger partial charge in [-0.15, -0.1) is 0 Å². The third-order valence-corrected chi connectivity index (χ3v) is 5.13. The van der Waals surface area contributed by atoms with Crippen molar-refractivity contribution in [2.24, 2.45) is 0 Å². The van der Waals surface area contributed by atoms with Gasteiger partial charge in [-0.3, -0.25) is 4.90 Å². The van der Waals surface area contributed by atoms with Crippen LogP contribution in [0.25, 0.3) is 12.2 Å². The summed E-state index contributed by atoms with van der Waals surface area (Å²) in [6, 6.07) is 11.0. The van der Waals surface area contributed by atoms with Crippen molar-refractivity contribution >= 4 is 23.9 Å². The minimum atomic E-state index is -0.268. The molecule has 0 aromatic heterocycles. The fourth-order valence-electron chi connectivity index (χ4n) is 3.36. The summed E-state index contributed by atoms with van der Waals surface area (Å²) in [5.41, 5.74) is 2.45. The summed E-state index contributed by atoms with van der Waals surface area (Å²) in [5.74, 6) is 2.03. The van der Waals surface area contributed by atoms with E-state index in [9.17, 15) is 4.79 Å². The lowest BCUT2D eigenvalue weighted by Gasteiger charge is -2.26. The molecule has 1 heterocycles. The fraction of sp³-hybridized carbons (Fsp3) is 0.400. The molecule has 8 nitrogen and oxygen atoms in total. The molecule has 180 valence electrons. The van der Waals surface area contributed by atoms with Crippen LogP contribution in [-0.4, -0.2) is 71.7 Å². The van der Waals surface area contributed by atoms with Crippen LogP contribution in [0.1, 0.15) is 18.6 Å². The zero-order valence-electron chi connectivity index (χ0n) is 18.8. The second kappa shape index (κ2) is 13.3. The summed E-state index contributed by atoms with van der Waals surface area (Å²) in [4.78, 5) is 14.7. The number of rotatable bonds is 9. The van der Waals surface area contributed by atoms with Gasteiger partial charge in [0.1, 0.15) is 17.2 Å². The standard InChI is InChI=1S/C24H31N3O5.CH4/c1-29-20-14-19(15-21(17-20)30-2)5-4-18-6-7-23(31-3)22(16-18)26-24(28)25-8-9-27-10-12-32-13-11-27;/h4-7,14-17H,8-13H2,1-3H3,(H2,25,26,28);1H4/b5-4-;. The number of carbonyl (C=O) groups excluding carboxylic acids is 1. The first-order chi connectivity index (χ1) is 15.6. The molecule has 1 saturated heterocycles. The number of nitrogens with one attached hydrogen (secondary N) is 2. The Kier molecular flexibility index (Phi) is 10.5. The Balaban J connectivity index is 0.00000385. The molecular formula is C25H35N3O5. The lowest BCUT2D eigenvalue weighted by atomic mass is 10.1. The highest BCUT2D eigenvalue weighted by molar-refractivity contribution is 5.91. The lowest BCUT2D eigenvalue weighted by Crippen LogP contribution is -2.42. The average Bonchev–Trinajstić information content (AvgIpc) is 2.83. The molecule has 0 radical (unpaired) electrons. The topological polar surface area (TPSA) is 81.3 Å². The zero-order chi connectivity index (χ0) is 22.8. The maximum absolute atomic E-state index is 12.4. The van der Waals surface area contributed by atoms with Gasteiger partial charge in [0, 0.05) is 32.2 Å². The third-order valence-electron chi connectivity index (χ3n) is 5.13. The fourth-order valence-corrected chi connectivity index (χ4v) is 3.36. The van der Waals surface area contributed by atoms with Gasteiger partial charge < -0.3 is 29.6 Å². The highest BCUT2D eigenvalue weighted by atomic mass is 16.5. The van der Waals surface area contributed by atoms with Crippen LogP contribution in [0.5, 0.6) is 17.2 Å². The van der Waals surface area contributed by atoms with Gasteiger partial charge in [0.05, 0.1) is 40.2 Å². The van der Waals surface area contributed by atoms with Crippen molar-refractivity contribution in [2.75, 3.05) is 66.0 Å². The first-order valence-corrected chi connectivity index (χ1v) is 10.6. The Labute approximate surface area is 196 Å². The van der Waals surface area contributed by atoms with Gasteiger partial charge in [0.15, 0.2) is 0 Å². The monoisotopic (exact) mass is 457 g/mol. The van der Waals surface area contributed by atoms with E-state index in [1.807, 2.05) is 48.6 Å². The van der Waals surface area contributed by atoms with Crippen LogP contribution in [0.3, 0.4) is 0 Å². The van der Waals surface area contributed by atoms with Gasteiger partial charge in [-0.1, -0.05) is 25.6 Å². The van der Waals surface area contributed by atoms with E-state index < -0.39 is 0 Å². The van der Waals surface area contributed by atoms with Crippen molar-refractivity contribution in [3.05, 3.63) is 47.5 Å². The molecule has 33 heavy (non-hydrogen) atoms. The zero-order valence-corrected chi connectivity index (χ0v) is 18.8. The van der Waals surface area contributed by atoms with Gasteiger partial charge in [0.2, 0.25) is 0 Å². The number of ether oxygens (including phenoxy) is 4. The average molecular weight is 458 g/mol. The number of hydrogen-bond acceptors (Lipinski definition) is 6. The molecule has 2 aromatic carbocycles. The highest BCUT2D eigenvalue weighted by Gasteiger charge is 2.11. The number of hydrogen-bond donors (Lipinski definition) is 2. The smallest absolute Gasteiger partial charge is 0.319 e. The van der Waals surface area contributed by atoms with Crippen LogP contribution in [0.2, 0.25) is 0 Å². The Hall–Kier alpha value is -3.23. The van der Waals surface area contributed by atoms with Gasteiger partial charge in [-0.05, 0) is 35.4 Å². The Morgan fingerprint density at radius 1 is 0.970 bits per heavy atom. The number of urea groups is 1. The van der Waals surface area contributed by atoms with Gasteiger partial charge >= 0.3 is 6.03 Å². The molecule has 0 saturated carbocycles. The molecule has 0 bridgehead atoms. The van der Waals surface area contributed by atoms with E-state index in [2.05, 4.69) is 15.5 Å². The molecular weight excluding hydrogens is 422 g/mol. The number of nitrogens with zero attached hydrogens (tertiary/aromatic N) is 1.